The maximum absolute atomic E-state index is 11.1. The van der Waals surface area contributed by atoms with Crippen molar-refractivity contribution in [1.29, 1.82) is 0 Å². The van der Waals surface area contributed by atoms with Crippen molar-refractivity contribution in [3.8, 4) is 0 Å². The number of hydrogen-bond acceptors (Lipinski definition) is 5. The molecule has 0 aliphatic carbocycles. The lowest BCUT2D eigenvalue weighted by Gasteiger charge is -2.42. The minimum Gasteiger partial charge on any atom is -0.394 e. The number of aliphatic hydroxyl groups is 3. The second kappa shape index (κ2) is 6.30. The topological polar surface area (TPSA) is 99.0 Å². The van der Waals surface area contributed by atoms with Gasteiger partial charge in [0.05, 0.1) is 18.8 Å². The monoisotopic (exact) mass is 247 g/mol. The van der Waals surface area contributed by atoms with Crippen LogP contribution in [0.25, 0.3) is 0 Å². The molecule has 1 heterocycles. The van der Waals surface area contributed by atoms with Gasteiger partial charge in [0.1, 0.15) is 18.3 Å². The molecule has 1 fully saturated rings. The maximum Gasteiger partial charge on any atom is 0.217 e. The average molecular weight is 247 g/mol. The van der Waals surface area contributed by atoms with E-state index < -0.39 is 24.4 Å². The number of hydrogen-bond donors (Lipinski definition) is 4. The van der Waals surface area contributed by atoms with Gasteiger partial charge in [-0.15, -0.1) is 0 Å². The molecule has 0 aromatic heterocycles. The first kappa shape index (κ1) is 14.4. The zero-order valence-corrected chi connectivity index (χ0v) is 10.2. The fourth-order valence-corrected chi connectivity index (χ4v) is 2.14. The first-order valence-corrected chi connectivity index (χ1v) is 5.90. The van der Waals surface area contributed by atoms with E-state index in [1.807, 2.05) is 6.92 Å². The van der Waals surface area contributed by atoms with Crippen molar-refractivity contribution in [1.82, 2.24) is 5.32 Å². The van der Waals surface area contributed by atoms with Crippen LogP contribution in [0, 0.1) is 0 Å². The predicted molar refractivity (Wildman–Crippen MR) is 60.3 cm³/mol. The van der Waals surface area contributed by atoms with Gasteiger partial charge in [-0.25, -0.2) is 0 Å². The van der Waals surface area contributed by atoms with Crippen molar-refractivity contribution in [3.05, 3.63) is 0 Å². The van der Waals surface area contributed by atoms with Gasteiger partial charge in [-0.2, -0.15) is 0 Å². The molecule has 0 aromatic rings. The Morgan fingerprint density at radius 3 is 2.41 bits per heavy atom. The third-order valence-electron chi connectivity index (χ3n) is 2.97. The molecule has 100 valence electrons. The lowest BCUT2D eigenvalue weighted by atomic mass is 9.90. The molecule has 6 nitrogen and oxygen atoms in total. The average Bonchev–Trinajstić information content (AvgIpc) is 2.28. The normalized spacial score (nSPS) is 37.8. The quantitative estimate of drug-likeness (QED) is 0.499. The Labute approximate surface area is 101 Å². The maximum atomic E-state index is 11.1. The molecule has 1 rings (SSSR count). The van der Waals surface area contributed by atoms with E-state index in [2.05, 4.69) is 5.32 Å². The third-order valence-corrected chi connectivity index (χ3v) is 2.97. The number of rotatable bonds is 4. The van der Waals surface area contributed by atoms with Crippen LogP contribution < -0.4 is 5.32 Å². The lowest BCUT2D eigenvalue weighted by Crippen LogP contribution is -2.63. The Kier molecular flexibility index (Phi) is 5.32. The highest BCUT2D eigenvalue weighted by Crippen LogP contribution is 2.24. The number of ether oxygens (including phenoxy) is 1. The lowest BCUT2D eigenvalue weighted by molar-refractivity contribution is -0.196. The van der Waals surface area contributed by atoms with Crippen LogP contribution in [0.3, 0.4) is 0 Å². The highest BCUT2D eigenvalue weighted by atomic mass is 16.5. The fraction of sp³-hybridized carbons (Fsp3) is 0.909. The second-order valence-electron chi connectivity index (χ2n) is 4.39. The zero-order valence-electron chi connectivity index (χ0n) is 10.2. The van der Waals surface area contributed by atoms with Crippen molar-refractivity contribution in [2.45, 2.75) is 57.1 Å². The summed E-state index contributed by atoms with van der Waals surface area (Å²) in [4.78, 5) is 11.1. The van der Waals surface area contributed by atoms with E-state index in [0.29, 0.717) is 6.42 Å². The molecular weight excluding hydrogens is 226 g/mol. The molecule has 1 amide bonds. The van der Waals surface area contributed by atoms with Gasteiger partial charge in [0.25, 0.3) is 0 Å². The van der Waals surface area contributed by atoms with Crippen LogP contribution in [0.5, 0.6) is 0 Å². The van der Waals surface area contributed by atoms with Gasteiger partial charge in [-0.05, 0) is 6.42 Å². The Bertz CT molecular complexity index is 260. The summed E-state index contributed by atoms with van der Waals surface area (Å²) in [7, 11) is 0. The molecule has 0 bridgehead atoms. The molecule has 5 atom stereocenters. The molecule has 1 aliphatic heterocycles. The fourth-order valence-electron chi connectivity index (χ4n) is 2.14. The van der Waals surface area contributed by atoms with Crippen LogP contribution in [-0.4, -0.2) is 58.3 Å². The van der Waals surface area contributed by atoms with Crippen molar-refractivity contribution >= 4 is 5.91 Å². The van der Waals surface area contributed by atoms with Crippen LogP contribution >= 0.6 is 0 Å². The van der Waals surface area contributed by atoms with Crippen molar-refractivity contribution in [3.63, 3.8) is 0 Å². The van der Waals surface area contributed by atoms with E-state index in [1.54, 1.807) is 0 Å². The first-order valence-electron chi connectivity index (χ1n) is 5.90. The summed E-state index contributed by atoms with van der Waals surface area (Å²) >= 11 is 0. The summed E-state index contributed by atoms with van der Waals surface area (Å²) < 4.78 is 5.50. The van der Waals surface area contributed by atoms with Crippen LogP contribution in [0.2, 0.25) is 0 Å². The van der Waals surface area contributed by atoms with Gasteiger partial charge < -0.3 is 25.4 Å². The smallest absolute Gasteiger partial charge is 0.217 e. The van der Waals surface area contributed by atoms with Crippen molar-refractivity contribution in [2.24, 2.45) is 0 Å². The standard InChI is InChI=1S/C11H21NO5/c1-3-4-7-9(12-6(2)14)11(16)10(15)8(5-13)17-7/h7-11,13,15-16H,3-5H2,1-2H3,(H,12,14)/t7-,8?,9?,10+,11?/m0/s1. The Morgan fingerprint density at radius 1 is 1.29 bits per heavy atom. The highest BCUT2D eigenvalue weighted by Gasteiger charge is 2.43. The number of aliphatic hydroxyl groups excluding tert-OH is 3. The third kappa shape index (κ3) is 3.38. The van der Waals surface area contributed by atoms with E-state index in [0.717, 1.165) is 6.42 Å². The summed E-state index contributed by atoms with van der Waals surface area (Å²) in [6.45, 7) is 2.95. The molecular formula is C11H21NO5. The predicted octanol–water partition coefficient (Wildman–Crippen LogP) is -1.23. The Hall–Kier alpha value is -0.690. The molecule has 0 radical (unpaired) electrons. The Balaban J connectivity index is 2.78. The zero-order chi connectivity index (χ0) is 13.0. The molecule has 6 heteroatoms. The van der Waals surface area contributed by atoms with E-state index in [9.17, 15) is 15.0 Å². The Morgan fingerprint density at radius 2 is 1.94 bits per heavy atom. The van der Waals surface area contributed by atoms with Gasteiger partial charge in [0.2, 0.25) is 5.91 Å². The van der Waals surface area contributed by atoms with E-state index in [1.165, 1.54) is 6.92 Å². The SMILES string of the molecule is CCC[C@@H]1OC(CO)[C@@H](O)C(O)C1NC(C)=O. The first-order chi connectivity index (χ1) is 8.01. The summed E-state index contributed by atoms with van der Waals surface area (Å²) in [5, 5.41) is 31.3. The van der Waals surface area contributed by atoms with E-state index >= 15 is 0 Å². The van der Waals surface area contributed by atoms with Crippen LogP contribution in [0.15, 0.2) is 0 Å². The van der Waals surface area contributed by atoms with E-state index in [4.69, 9.17) is 9.84 Å². The van der Waals surface area contributed by atoms with Crippen molar-refractivity contribution < 1.29 is 24.9 Å². The minimum absolute atomic E-state index is 0.284. The van der Waals surface area contributed by atoms with Gasteiger partial charge in [0, 0.05) is 6.92 Å². The van der Waals surface area contributed by atoms with Gasteiger partial charge in [-0.1, -0.05) is 13.3 Å². The molecule has 4 N–H and O–H groups in total. The number of carbonyl (C=O) groups excluding carboxylic acids is 1. The molecule has 1 aliphatic rings. The van der Waals surface area contributed by atoms with Gasteiger partial charge >= 0.3 is 0 Å². The van der Waals surface area contributed by atoms with E-state index in [-0.39, 0.29) is 18.6 Å². The molecule has 17 heavy (non-hydrogen) atoms. The van der Waals surface area contributed by atoms with Gasteiger partial charge in [0.15, 0.2) is 0 Å². The molecule has 1 saturated heterocycles. The minimum atomic E-state index is -1.19. The summed E-state index contributed by atoms with van der Waals surface area (Å²) in [5.41, 5.74) is 0. The molecule has 0 spiro atoms. The summed E-state index contributed by atoms with van der Waals surface area (Å²) in [6, 6.07) is -0.634. The van der Waals surface area contributed by atoms with Crippen LogP contribution in [0.4, 0.5) is 0 Å². The largest absolute Gasteiger partial charge is 0.394 e. The summed E-state index contributed by atoms with van der Waals surface area (Å²) in [6.07, 6.45) is -2.04. The molecule has 0 saturated carbocycles. The molecule has 0 aromatic carbocycles. The molecule has 3 unspecified atom stereocenters. The number of nitrogens with one attached hydrogen (secondary N) is 1. The number of carbonyl (C=O) groups is 1. The van der Waals surface area contributed by atoms with Crippen LogP contribution in [0.1, 0.15) is 26.7 Å². The second-order valence-corrected chi connectivity index (χ2v) is 4.39. The summed E-state index contributed by atoms with van der Waals surface area (Å²) in [5.74, 6) is -0.284. The van der Waals surface area contributed by atoms with Crippen LogP contribution in [-0.2, 0) is 9.53 Å². The number of amides is 1. The van der Waals surface area contributed by atoms with Crippen molar-refractivity contribution in [2.75, 3.05) is 6.61 Å². The van der Waals surface area contributed by atoms with Gasteiger partial charge in [-0.3, -0.25) is 4.79 Å². The highest BCUT2D eigenvalue weighted by molar-refractivity contribution is 5.73.